The van der Waals surface area contributed by atoms with Crippen molar-refractivity contribution in [3.05, 3.63) is 39.6 Å². The van der Waals surface area contributed by atoms with E-state index in [1.807, 2.05) is 19.9 Å². The standard InChI is InChI=1S/C17H21N3O3S/c1-9-16(24-10(2)19-9)17(22)20-15(11-4-13(21)5-11)12-6-14(23-3)8-18-7-12/h6-8,11,13,15,21H,4-5H2,1-3H3,(H,20,22)/t11?,13?,15-/m1/s1. The van der Waals surface area contributed by atoms with Gasteiger partial charge in [0.2, 0.25) is 0 Å². The molecule has 2 heterocycles. The summed E-state index contributed by atoms with van der Waals surface area (Å²) >= 11 is 1.39. The first kappa shape index (κ1) is 16.9. The molecule has 1 atom stereocenters. The highest BCUT2D eigenvalue weighted by molar-refractivity contribution is 7.13. The minimum atomic E-state index is -0.291. The second-order valence-corrected chi connectivity index (χ2v) is 7.35. The van der Waals surface area contributed by atoms with Gasteiger partial charge >= 0.3 is 0 Å². The molecule has 3 rings (SSSR count). The molecule has 0 aliphatic heterocycles. The lowest BCUT2D eigenvalue weighted by molar-refractivity contribution is 0.0235. The molecular formula is C17H21N3O3S. The number of amides is 1. The van der Waals surface area contributed by atoms with Crippen LogP contribution in [0, 0.1) is 19.8 Å². The van der Waals surface area contributed by atoms with Crippen LogP contribution < -0.4 is 10.1 Å². The monoisotopic (exact) mass is 347 g/mol. The SMILES string of the molecule is COc1cncc([C@H](NC(=O)c2sc(C)nc2C)C2CC(O)C2)c1. The Bertz CT molecular complexity index is 740. The van der Waals surface area contributed by atoms with Crippen LogP contribution in [0.1, 0.15) is 44.8 Å². The molecule has 24 heavy (non-hydrogen) atoms. The second-order valence-electron chi connectivity index (χ2n) is 6.14. The van der Waals surface area contributed by atoms with Crippen molar-refractivity contribution < 1.29 is 14.6 Å². The lowest BCUT2D eigenvalue weighted by Crippen LogP contribution is -2.41. The average Bonchev–Trinajstić information content (AvgIpc) is 2.88. The fraction of sp³-hybridized carbons (Fsp3) is 0.471. The summed E-state index contributed by atoms with van der Waals surface area (Å²) < 4.78 is 5.24. The number of aliphatic hydroxyl groups is 1. The number of methoxy groups -OCH3 is 1. The Hall–Kier alpha value is -1.99. The lowest BCUT2D eigenvalue weighted by Gasteiger charge is -2.38. The smallest absolute Gasteiger partial charge is 0.263 e. The molecule has 2 aromatic rings. The largest absolute Gasteiger partial charge is 0.495 e. The van der Waals surface area contributed by atoms with Crippen molar-refractivity contribution in [3.8, 4) is 5.75 Å². The van der Waals surface area contributed by atoms with E-state index in [1.54, 1.807) is 19.5 Å². The van der Waals surface area contributed by atoms with E-state index in [9.17, 15) is 9.90 Å². The van der Waals surface area contributed by atoms with Gasteiger partial charge in [0.1, 0.15) is 10.6 Å². The number of hydrogen-bond acceptors (Lipinski definition) is 6. The number of carbonyl (C=O) groups excluding carboxylic acids is 1. The van der Waals surface area contributed by atoms with Crippen LogP contribution in [-0.4, -0.2) is 34.2 Å². The number of nitrogens with one attached hydrogen (secondary N) is 1. The number of carbonyl (C=O) groups is 1. The zero-order chi connectivity index (χ0) is 17.3. The fourth-order valence-corrected chi connectivity index (χ4v) is 3.86. The summed E-state index contributed by atoms with van der Waals surface area (Å²) in [6, 6.07) is 1.68. The van der Waals surface area contributed by atoms with Gasteiger partial charge in [-0.15, -0.1) is 11.3 Å². The predicted octanol–water partition coefficient (Wildman–Crippen LogP) is 2.41. The van der Waals surface area contributed by atoms with Crippen LogP contribution in [0.4, 0.5) is 0 Å². The number of aliphatic hydroxyl groups excluding tert-OH is 1. The first-order valence-corrected chi connectivity index (χ1v) is 8.71. The van der Waals surface area contributed by atoms with Gasteiger partial charge in [0.05, 0.1) is 36.2 Å². The Kier molecular flexibility index (Phi) is 4.82. The first-order valence-electron chi connectivity index (χ1n) is 7.89. The van der Waals surface area contributed by atoms with Crippen molar-refractivity contribution >= 4 is 17.2 Å². The molecule has 128 valence electrons. The van der Waals surface area contributed by atoms with Gasteiger partial charge in [-0.3, -0.25) is 9.78 Å². The number of thiazole rings is 1. The van der Waals surface area contributed by atoms with Crippen molar-refractivity contribution in [2.24, 2.45) is 5.92 Å². The summed E-state index contributed by atoms with van der Waals surface area (Å²) in [5.41, 5.74) is 1.63. The Labute approximate surface area is 144 Å². The van der Waals surface area contributed by atoms with Crippen LogP contribution in [0.15, 0.2) is 18.5 Å². The number of nitrogens with zero attached hydrogens (tertiary/aromatic N) is 2. The topological polar surface area (TPSA) is 84.3 Å². The maximum atomic E-state index is 12.7. The molecule has 7 heteroatoms. The lowest BCUT2D eigenvalue weighted by atomic mass is 9.75. The van der Waals surface area contributed by atoms with Crippen molar-refractivity contribution in [1.82, 2.24) is 15.3 Å². The van der Waals surface area contributed by atoms with Crippen LogP contribution in [0.2, 0.25) is 0 Å². The van der Waals surface area contributed by atoms with Gasteiger partial charge in [-0.2, -0.15) is 0 Å². The van der Waals surface area contributed by atoms with E-state index in [1.165, 1.54) is 11.3 Å². The van der Waals surface area contributed by atoms with E-state index in [0.717, 1.165) is 16.3 Å². The number of pyridine rings is 1. The molecule has 0 spiro atoms. The summed E-state index contributed by atoms with van der Waals surface area (Å²) in [5.74, 6) is 0.705. The second kappa shape index (κ2) is 6.86. The van der Waals surface area contributed by atoms with Crippen LogP contribution in [0.5, 0.6) is 5.75 Å². The van der Waals surface area contributed by atoms with Gasteiger partial charge in [-0.25, -0.2) is 4.98 Å². The molecule has 1 amide bonds. The number of aryl methyl sites for hydroxylation is 2. The van der Waals surface area contributed by atoms with Crippen LogP contribution in [0.25, 0.3) is 0 Å². The Morgan fingerprint density at radius 3 is 2.75 bits per heavy atom. The molecule has 1 aliphatic rings. The van der Waals surface area contributed by atoms with Gasteiger partial charge < -0.3 is 15.2 Å². The van der Waals surface area contributed by atoms with Gasteiger partial charge in [-0.1, -0.05) is 0 Å². The third-order valence-electron chi connectivity index (χ3n) is 4.35. The third kappa shape index (κ3) is 3.42. The summed E-state index contributed by atoms with van der Waals surface area (Å²) in [6.45, 7) is 3.73. The first-order chi connectivity index (χ1) is 11.5. The predicted molar refractivity (Wildman–Crippen MR) is 91.3 cm³/mol. The highest BCUT2D eigenvalue weighted by atomic mass is 32.1. The maximum Gasteiger partial charge on any atom is 0.263 e. The Morgan fingerprint density at radius 2 is 2.17 bits per heavy atom. The minimum absolute atomic E-state index is 0.132. The van der Waals surface area contributed by atoms with Crippen molar-refractivity contribution in [2.45, 2.75) is 38.8 Å². The van der Waals surface area contributed by atoms with E-state index >= 15 is 0 Å². The minimum Gasteiger partial charge on any atom is -0.495 e. The number of rotatable bonds is 5. The molecule has 0 aromatic carbocycles. The molecule has 0 unspecified atom stereocenters. The van der Waals surface area contributed by atoms with Gasteiger partial charge in [-0.05, 0) is 44.2 Å². The summed E-state index contributed by atoms with van der Waals surface area (Å²) in [4.78, 5) is 21.8. The molecule has 0 bridgehead atoms. The highest BCUT2D eigenvalue weighted by Crippen LogP contribution is 2.39. The molecule has 1 fully saturated rings. The van der Waals surface area contributed by atoms with Crippen molar-refractivity contribution in [3.63, 3.8) is 0 Å². The van der Waals surface area contributed by atoms with E-state index in [0.29, 0.717) is 23.5 Å². The zero-order valence-electron chi connectivity index (χ0n) is 13.9. The average molecular weight is 347 g/mol. The number of ether oxygens (including phenoxy) is 1. The Balaban J connectivity index is 1.85. The van der Waals surface area contributed by atoms with Crippen molar-refractivity contribution in [2.75, 3.05) is 7.11 Å². The molecule has 6 nitrogen and oxygen atoms in total. The van der Waals surface area contributed by atoms with Gasteiger partial charge in [0.15, 0.2) is 0 Å². The summed E-state index contributed by atoms with van der Waals surface area (Å²) in [5, 5.41) is 13.6. The molecule has 2 N–H and O–H groups in total. The van der Waals surface area contributed by atoms with E-state index < -0.39 is 0 Å². The normalized spacial score (nSPS) is 21.0. The van der Waals surface area contributed by atoms with Crippen LogP contribution >= 0.6 is 11.3 Å². The Morgan fingerprint density at radius 1 is 1.42 bits per heavy atom. The number of aromatic nitrogens is 2. The van der Waals surface area contributed by atoms with E-state index in [4.69, 9.17) is 4.74 Å². The van der Waals surface area contributed by atoms with Crippen LogP contribution in [-0.2, 0) is 0 Å². The molecule has 0 radical (unpaired) electrons. The van der Waals surface area contributed by atoms with E-state index in [2.05, 4.69) is 15.3 Å². The molecule has 1 saturated carbocycles. The summed E-state index contributed by atoms with van der Waals surface area (Å²) in [7, 11) is 1.59. The maximum absolute atomic E-state index is 12.7. The summed E-state index contributed by atoms with van der Waals surface area (Å²) in [6.07, 6.45) is 4.42. The fourth-order valence-electron chi connectivity index (χ4n) is 3.04. The molecule has 0 saturated heterocycles. The highest BCUT2D eigenvalue weighted by Gasteiger charge is 2.36. The molecular weight excluding hydrogens is 326 g/mol. The quantitative estimate of drug-likeness (QED) is 0.868. The molecule has 1 aliphatic carbocycles. The number of hydrogen-bond donors (Lipinski definition) is 2. The zero-order valence-corrected chi connectivity index (χ0v) is 14.8. The van der Waals surface area contributed by atoms with E-state index in [-0.39, 0.29) is 24.0 Å². The van der Waals surface area contributed by atoms with Crippen LogP contribution in [0.3, 0.4) is 0 Å². The van der Waals surface area contributed by atoms with Gasteiger partial charge in [0.25, 0.3) is 5.91 Å². The molecule has 2 aromatic heterocycles. The van der Waals surface area contributed by atoms with Gasteiger partial charge in [0, 0.05) is 6.20 Å². The third-order valence-corrected chi connectivity index (χ3v) is 5.42. The van der Waals surface area contributed by atoms with Crippen molar-refractivity contribution in [1.29, 1.82) is 0 Å².